The summed E-state index contributed by atoms with van der Waals surface area (Å²) in [5.74, 6) is 0. The van der Waals surface area contributed by atoms with Crippen molar-refractivity contribution in [3.05, 3.63) is 71.3 Å². The van der Waals surface area contributed by atoms with Crippen LogP contribution in [-0.4, -0.2) is 0 Å². The first-order chi connectivity index (χ1) is 10.6. The molecule has 0 heteroatoms. The first-order valence-corrected chi connectivity index (χ1v) is 8.65. The number of rotatable bonds is 2. The van der Waals surface area contributed by atoms with Crippen molar-refractivity contribution in [2.75, 3.05) is 0 Å². The van der Waals surface area contributed by atoms with Gasteiger partial charge in [-0.3, -0.25) is 0 Å². The molecule has 0 heterocycles. The molecule has 0 aliphatic rings. The van der Waals surface area contributed by atoms with Crippen LogP contribution in [0.25, 0.3) is 0 Å². The van der Waals surface area contributed by atoms with Gasteiger partial charge in [0.05, 0.1) is 0 Å². The lowest BCUT2D eigenvalue weighted by atomic mass is 9.88. The van der Waals surface area contributed by atoms with Gasteiger partial charge in [-0.2, -0.15) is 0 Å². The Morgan fingerprint density at radius 2 is 1.00 bits per heavy atom. The summed E-state index contributed by atoms with van der Waals surface area (Å²) in [5.41, 5.74) is 5.04. The molecule has 2 aromatic rings. The highest BCUT2D eigenvalue weighted by Gasteiger charge is 2.11. The molecule has 0 unspecified atom stereocenters. The highest BCUT2D eigenvalue weighted by molar-refractivity contribution is 5.23. The minimum absolute atomic E-state index is 0. The largest absolute Gasteiger partial charge is 0.0776 e. The number of aryl methyl sites for hydroxylation is 1. The second kappa shape index (κ2) is 12.7. The molecular weight excluding hydrogens is 312 g/mol. The molecule has 26 heavy (non-hydrogen) atoms. The predicted octanol–water partition coefficient (Wildman–Crippen LogP) is 8.77. The lowest BCUT2D eigenvalue weighted by molar-refractivity contribution is 0.411. The van der Waals surface area contributed by atoms with Crippen molar-refractivity contribution in [3.63, 3.8) is 0 Å². The Bertz CT molecular complexity index is 565. The smallest absolute Gasteiger partial charge is 0.0230 e. The van der Waals surface area contributed by atoms with Crippen LogP contribution in [0.5, 0.6) is 0 Å². The van der Waals surface area contributed by atoms with Crippen LogP contribution in [0.15, 0.2) is 54.6 Å². The van der Waals surface area contributed by atoms with Crippen LogP contribution >= 0.6 is 0 Å². The molecule has 0 aromatic heterocycles. The van der Waals surface area contributed by atoms with E-state index in [1.807, 2.05) is 0 Å². The second-order valence-electron chi connectivity index (χ2n) is 8.95. The van der Waals surface area contributed by atoms with Gasteiger partial charge in [0.15, 0.2) is 0 Å². The van der Waals surface area contributed by atoms with E-state index in [9.17, 15) is 0 Å². The topological polar surface area (TPSA) is 0 Å². The number of benzene rings is 2. The highest BCUT2D eigenvalue weighted by atomic mass is 14.2. The lowest BCUT2D eigenvalue weighted by Gasteiger charge is -2.18. The van der Waals surface area contributed by atoms with Crippen molar-refractivity contribution in [3.8, 4) is 0 Å². The average Bonchev–Trinajstić information content (AvgIpc) is 2.36. The Balaban J connectivity index is -0.000000366. The average molecular weight is 359 g/mol. The van der Waals surface area contributed by atoms with E-state index in [1.54, 1.807) is 0 Å². The zero-order valence-electron chi connectivity index (χ0n) is 16.1. The molecule has 150 valence electrons. The lowest BCUT2D eigenvalue weighted by Crippen LogP contribution is -2.08. The third-order valence-electron chi connectivity index (χ3n) is 3.39. The molecule has 2 rings (SSSR count). The van der Waals surface area contributed by atoms with Gasteiger partial charge in [0, 0.05) is 0 Å². The van der Waals surface area contributed by atoms with E-state index in [-0.39, 0.29) is 22.3 Å². The maximum absolute atomic E-state index is 2.27. The molecule has 0 atom stereocenters. The summed E-state index contributed by atoms with van der Waals surface area (Å²) in [4.78, 5) is 0. The molecule has 0 aliphatic carbocycles. The predicted molar refractivity (Wildman–Crippen MR) is 124 cm³/mol. The fraction of sp³-hybridized carbons (Fsp3) is 0.538. The van der Waals surface area contributed by atoms with Gasteiger partial charge >= 0.3 is 0 Å². The minimum atomic E-state index is 0. The quantitative estimate of drug-likeness (QED) is 0.503. The maximum atomic E-state index is 2.27. The van der Waals surface area contributed by atoms with Gasteiger partial charge in [-0.1, -0.05) is 124 Å². The van der Waals surface area contributed by atoms with E-state index in [0.717, 1.165) is 12.8 Å². The summed E-state index contributed by atoms with van der Waals surface area (Å²) in [6.45, 7) is 15.8. The Kier molecular flexibility index (Phi) is 14.3. The third-order valence-corrected chi connectivity index (χ3v) is 3.39. The summed E-state index contributed by atoms with van der Waals surface area (Å²) in [6.07, 6.45) is 2.32. The van der Waals surface area contributed by atoms with Crippen molar-refractivity contribution in [2.45, 2.75) is 83.6 Å². The van der Waals surface area contributed by atoms with Crippen molar-refractivity contribution < 1.29 is 0 Å². The molecule has 0 radical (unpaired) electrons. The van der Waals surface area contributed by atoms with Crippen LogP contribution in [0.4, 0.5) is 0 Å². The molecule has 0 amide bonds. The maximum Gasteiger partial charge on any atom is -0.0230 e. The molecule has 0 N–H and O–H groups in total. The molecule has 0 fully saturated rings. The van der Waals surface area contributed by atoms with Crippen LogP contribution in [0.3, 0.4) is 0 Å². The summed E-state index contributed by atoms with van der Waals surface area (Å²) in [7, 11) is 0. The molecule has 0 bridgehead atoms. The Labute approximate surface area is 166 Å². The number of hydrogen-bond acceptors (Lipinski definition) is 0. The van der Waals surface area contributed by atoms with Crippen LogP contribution in [0, 0.1) is 17.8 Å². The van der Waals surface area contributed by atoms with Gasteiger partial charge in [0.25, 0.3) is 0 Å². The van der Waals surface area contributed by atoms with Gasteiger partial charge in [-0.05, 0) is 41.7 Å². The normalized spacial score (nSPS) is 10.3. The summed E-state index contributed by atoms with van der Waals surface area (Å²) in [6, 6.07) is 19.4. The van der Waals surface area contributed by atoms with Crippen LogP contribution < -0.4 is 0 Å². The van der Waals surface area contributed by atoms with Gasteiger partial charge < -0.3 is 0 Å². The van der Waals surface area contributed by atoms with E-state index >= 15 is 0 Å². The fourth-order valence-electron chi connectivity index (χ4n) is 2.64. The SMILES string of the molecule is C.C.C.CC(C)(C)Cc1ccccc1.Cc1cccc(CC(C)(C)C)c1. The third kappa shape index (κ3) is 14.8. The zero-order chi connectivity index (χ0) is 17.5. The van der Waals surface area contributed by atoms with Crippen molar-refractivity contribution in [2.24, 2.45) is 10.8 Å². The molecule has 0 saturated carbocycles. The van der Waals surface area contributed by atoms with E-state index in [2.05, 4.69) is 103 Å². The molecule has 0 saturated heterocycles. The molecule has 2 aromatic carbocycles. The van der Waals surface area contributed by atoms with E-state index in [4.69, 9.17) is 0 Å². The van der Waals surface area contributed by atoms with Crippen LogP contribution in [0.2, 0.25) is 0 Å². The Hall–Kier alpha value is -1.56. The second-order valence-corrected chi connectivity index (χ2v) is 8.95. The van der Waals surface area contributed by atoms with Crippen LogP contribution in [-0.2, 0) is 12.8 Å². The van der Waals surface area contributed by atoms with Crippen molar-refractivity contribution in [1.29, 1.82) is 0 Å². The molecule has 0 nitrogen and oxygen atoms in total. The summed E-state index contributed by atoms with van der Waals surface area (Å²) in [5, 5.41) is 0. The molecule has 0 aliphatic heterocycles. The molecular formula is C26H46. The summed E-state index contributed by atoms with van der Waals surface area (Å²) < 4.78 is 0. The van der Waals surface area contributed by atoms with Gasteiger partial charge in [0.2, 0.25) is 0 Å². The van der Waals surface area contributed by atoms with E-state index in [0.29, 0.717) is 10.8 Å². The van der Waals surface area contributed by atoms with E-state index < -0.39 is 0 Å². The zero-order valence-corrected chi connectivity index (χ0v) is 16.1. The van der Waals surface area contributed by atoms with E-state index in [1.165, 1.54) is 16.7 Å². The van der Waals surface area contributed by atoms with Crippen molar-refractivity contribution in [1.82, 2.24) is 0 Å². The van der Waals surface area contributed by atoms with Gasteiger partial charge in [-0.15, -0.1) is 0 Å². The minimum Gasteiger partial charge on any atom is -0.0776 e. The van der Waals surface area contributed by atoms with Gasteiger partial charge in [-0.25, -0.2) is 0 Å². The fourth-order valence-corrected chi connectivity index (χ4v) is 2.64. The number of hydrogen-bond donors (Lipinski definition) is 0. The first kappa shape index (κ1) is 29.2. The van der Waals surface area contributed by atoms with Gasteiger partial charge in [0.1, 0.15) is 0 Å². The standard InChI is InChI=1S/C12H18.C11H16.3CH4/c1-10-6-5-7-11(8-10)9-12(2,3)4;1-11(2,3)9-10-7-5-4-6-8-10;;;/h5-8H,9H2,1-4H3;4-8H,9H2,1-3H3;3*1H4. The Morgan fingerprint density at radius 1 is 0.577 bits per heavy atom. The monoisotopic (exact) mass is 358 g/mol. The first-order valence-electron chi connectivity index (χ1n) is 8.65. The Morgan fingerprint density at radius 3 is 1.42 bits per heavy atom. The van der Waals surface area contributed by atoms with Crippen molar-refractivity contribution >= 4 is 0 Å². The highest BCUT2D eigenvalue weighted by Crippen LogP contribution is 2.21. The molecule has 0 spiro atoms. The summed E-state index contributed by atoms with van der Waals surface area (Å²) >= 11 is 0. The van der Waals surface area contributed by atoms with Crippen LogP contribution in [0.1, 0.15) is 80.5 Å².